The molecule has 2 aliphatic rings. The molecule has 2 aliphatic heterocycles. The molecule has 0 N–H and O–H groups in total. The van der Waals surface area contributed by atoms with Crippen molar-refractivity contribution in [3.8, 4) is 0 Å². The fourth-order valence-corrected chi connectivity index (χ4v) is 4.05. The van der Waals surface area contributed by atoms with Crippen LogP contribution in [0.4, 0.5) is 5.69 Å². The van der Waals surface area contributed by atoms with Crippen LogP contribution in [0.1, 0.15) is 44.6 Å². The lowest BCUT2D eigenvalue weighted by molar-refractivity contribution is -0.384. The lowest BCUT2D eigenvalue weighted by Gasteiger charge is -2.41. The lowest BCUT2D eigenvalue weighted by Crippen LogP contribution is -2.55. The molecule has 140 valence electrons. The number of piperazine rings is 1. The Hall–Kier alpha value is -2.21. The summed E-state index contributed by atoms with van der Waals surface area (Å²) in [5.74, 6) is 0.334. The molecule has 0 saturated carbocycles. The van der Waals surface area contributed by atoms with Crippen LogP contribution in [0.25, 0.3) is 6.08 Å². The van der Waals surface area contributed by atoms with E-state index in [0.717, 1.165) is 50.9 Å². The molecule has 1 aromatic rings. The summed E-state index contributed by atoms with van der Waals surface area (Å²) < 4.78 is 0. The number of nitro benzene ring substituents is 1. The fraction of sp³-hybridized carbons (Fsp3) is 0.550. The number of amides is 1. The van der Waals surface area contributed by atoms with Crippen molar-refractivity contribution >= 4 is 17.7 Å². The second kappa shape index (κ2) is 8.45. The highest BCUT2D eigenvalue weighted by molar-refractivity contribution is 5.77. The Morgan fingerprint density at radius 1 is 1.23 bits per heavy atom. The number of non-ortho nitro benzene ring substituents is 1. The maximum Gasteiger partial charge on any atom is 0.269 e. The summed E-state index contributed by atoms with van der Waals surface area (Å²) in [4.78, 5) is 27.3. The van der Waals surface area contributed by atoms with Crippen LogP contribution in [0, 0.1) is 10.1 Å². The molecule has 1 amide bonds. The van der Waals surface area contributed by atoms with Gasteiger partial charge in [-0.1, -0.05) is 25.5 Å². The third-order valence-electron chi connectivity index (χ3n) is 5.37. The van der Waals surface area contributed by atoms with Crippen molar-refractivity contribution in [2.24, 2.45) is 0 Å². The lowest BCUT2D eigenvalue weighted by atomic mass is 10.1. The zero-order valence-corrected chi connectivity index (χ0v) is 15.3. The van der Waals surface area contributed by atoms with Crippen LogP contribution in [-0.2, 0) is 4.79 Å². The zero-order valence-electron chi connectivity index (χ0n) is 15.3. The molecule has 6 nitrogen and oxygen atoms in total. The summed E-state index contributed by atoms with van der Waals surface area (Å²) in [5.41, 5.74) is 1.08. The Balaban J connectivity index is 1.52. The van der Waals surface area contributed by atoms with E-state index < -0.39 is 0 Å². The first-order valence-electron chi connectivity index (χ1n) is 9.53. The first-order chi connectivity index (χ1) is 12.6. The van der Waals surface area contributed by atoms with E-state index in [9.17, 15) is 14.9 Å². The minimum absolute atomic E-state index is 0.114. The quantitative estimate of drug-likeness (QED) is 0.553. The van der Waals surface area contributed by atoms with Gasteiger partial charge in [0, 0.05) is 50.3 Å². The monoisotopic (exact) mass is 357 g/mol. The van der Waals surface area contributed by atoms with Crippen LogP contribution >= 0.6 is 0 Å². The van der Waals surface area contributed by atoms with Crippen LogP contribution in [0.3, 0.4) is 0 Å². The molecule has 2 saturated heterocycles. The molecule has 2 bridgehead atoms. The third kappa shape index (κ3) is 4.30. The van der Waals surface area contributed by atoms with E-state index in [2.05, 4.69) is 22.8 Å². The average Bonchev–Trinajstić information content (AvgIpc) is 2.91. The number of likely N-dealkylation sites (tertiary alicyclic amines) is 1. The smallest absolute Gasteiger partial charge is 0.269 e. The van der Waals surface area contributed by atoms with E-state index in [1.165, 1.54) is 12.1 Å². The van der Waals surface area contributed by atoms with Crippen molar-refractivity contribution in [1.82, 2.24) is 9.80 Å². The minimum Gasteiger partial charge on any atom is -0.334 e. The van der Waals surface area contributed by atoms with Crippen molar-refractivity contribution in [3.05, 3.63) is 46.0 Å². The molecule has 3 rings (SSSR count). The highest BCUT2D eigenvalue weighted by Gasteiger charge is 2.41. The highest BCUT2D eigenvalue weighted by Crippen LogP contribution is 2.31. The second-order valence-corrected chi connectivity index (χ2v) is 7.26. The summed E-state index contributed by atoms with van der Waals surface area (Å²) in [6.07, 6.45) is 9.07. The maximum atomic E-state index is 12.4. The Kier molecular flexibility index (Phi) is 6.04. The summed E-state index contributed by atoms with van der Waals surface area (Å²) >= 11 is 0. The molecule has 2 fully saturated rings. The van der Waals surface area contributed by atoms with Crippen LogP contribution in [0.15, 0.2) is 30.3 Å². The number of carbonyl (C=O) groups excluding carboxylic acids is 1. The predicted molar refractivity (Wildman–Crippen MR) is 102 cm³/mol. The number of hydrogen-bond acceptors (Lipinski definition) is 4. The molecule has 6 heteroatoms. The Bertz CT molecular complexity index is 657. The maximum absolute atomic E-state index is 12.4. The van der Waals surface area contributed by atoms with E-state index in [0.29, 0.717) is 24.4 Å². The van der Waals surface area contributed by atoms with Gasteiger partial charge < -0.3 is 4.90 Å². The molecule has 0 aromatic heterocycles. The average molecular weight is 357 g/mol. The van der Waals surface area contributed by atoms with Crippen molar-refractivity contribution < 1.29 is 9.72 Å². The molecule has 0 radical (unpaired) electrons. The molecule has 2 heterocycles. The number of rotatable bonds is 7. The van der Waals surface area contributed by atoms with Gasteiger partial charge in [0.1, 0.15) is 0 Å². The number of unbranched alkanes of at least 4 members (excludes halogenated alkanes) is 1. The zero-order chi connectivity index (χ0) is 18.5. The van der Waals surface area contributed by atoms with Gasteiger partial charge in [0.2, 0.25) is 5.91 Å². The third-order valence-corrected chi connectivity index (χ3v) is 5.37. The van der Waals surface area contributed by atoms with Crippen molar-refractivity contribution in [2.75, 3.05) is 19.6 Å². The Morgan fingerprint density at radius 2 is 1.88 bits per heavy atom. The van der Waals surface area contributed by atoms with Gasteiger partial charge in [-0.15, -0.1) is 0 Å². The summed E-state index contributed by atoms with van der Waals surface area (Å²) in [6.45, 7) is 4.86. The minimum atomic E-state index is -0.384. The molecule has 0 aliphatic carbocycles. The predicted octanol–water partition coefficient (Wildman–Crippen LogP) is 3.47. The number of nitrogens with zero attached hydrogens (tertiary/aromatic N) is 3. The molecule has 0 spiro atoms. The molecular weight excluding hydrogens is 330 g/mol. The topological polar surface area (TPSA) is 66.7 Å². The first kappa shape index (κ1) is 18.6. The van der Waals surface area contributed by atoms with E-state index >= 15 is 0 Å². The van der Waals surface area contributed by atoms with Crippen molar-refractivity contribution in [1.29, 1.82) is 0 Å². The van der Waals surface area contributed by atoms with Crippen molar-refractivity contribution in [3.63, 3.8) is 0 Å². The van der Waals surface area contributed by atoms with Crippen molar-refractivity contribution in [2.45, 2.75) is 51.1 Å². The molecule has 2 unspecified atom stereocenters. The van der Waals surface area contributed by atoms with Crippen LogP contribution < -0.4 is 0 Å². The fourth-order valence-electron chi connectivity index (χ4n) is 4.05. The molecule has 26 heavy (non-hydrogen) atoms. The second-order valence-electron chi connectivity index (χ2n) is 7.26. The molecular formula is C20H27N3O3. The highest BCUT2D eigenvalue weighted by atomic mass is 16.6. The number of benzene rings is 1. The van der Waals surface area contributed by atoms with Crippen LogP contribution in [0.5, 0.6) is 0 Å². The van der Waals surface area contributed by atoms with Crippen LogP contribution in [-0.4, -0.2) is 52.3 Å². The van der Waals surface area contributed by atoms with Gasteiger partial charge in [0.05, 0.1) is 4.92 Å². The number of fused-ring (bicyclic) bond motifs is 2. The Labute approximate surface area is 154 Å². The SMILES string of the molecule is CCCCC(=O)N1C2CCC1CN(CC=Cc1ccc([N+](=O)[O-])cc1)C2. The van der Waals surface area contributed by atoms with Gasteiger partial charge in [-0.25, -0.2) is 0 Å². The van der Waals surface area contributed by atoms with Gasteiger partial charge >= 0.3 is 0 Å². The number of hydrogen-bond donors (Lipinski definition) is 0. The Morgan fingerprint density at radius 3 is 2.46 bits per heavy atom. The van der Waals surface area contributed by atoms with Crippen LogP contribution in [0.2, 0.25) is 0 Å². The number of carbonyl (C=O) groups is 1. The molecule has 1 aromatic carbocycles. The van der Waals surface area contributed by atoms with Gasteiger partial charge in [0.25, 0.3) is 5.69 Å². The van der Waals surface area contributed by atoms with Gasteiger partial charge in [0.15, 0.2) is 0 Å². The molecule has 2 atom stereocenters. The van der Waals surface area contributed by atoms with E-state index in [-0.39, 0.29) is 10.6 Å². The first-order valence-corrected chi connectivity index (χ1v) is 9.53. The van der Waals surface area contributed by atoms with Gasteiger partial charge in [-0.3, -0.25) is 19.8 Å². The normalized spacial score (nSPS) is 22.9. The number of nitro groups is 1. The van der Waals surface area contributed by atoms with Gasteiger partial charge in [-0.2, -0.15) is 0 Å². The summed E-state index contributed by atoms with van der Waals surface area (Å²) in [5, 5.41) is 10.7. The summed E-state index contributed by atoms with van der Waals surface area (Å²) in [7, 11) is 0. The summed E-state index contributed by atoms with van der Waals surface area (Å²) in [6, 6.07) is 7.32. The standard InChI is InChI=1S/C20H27N3O3/c1-2-3-6-20(24)22-18-11-12-19(22)15-21(14-18)13-4-5-16-7-9-17(10-8-16)23(25)26/h4-5,7-10,18-19H,2-3,6,11-15H2,1H3. The van der Waals surface area contributed by atoms with E-state index in [1.54, 1.807) is 12.1 Å². The van der Waals surface area contributed by atoms with Gasteiger partial charge in [-0.05, 0) is 37.0 Å². The largest absolute Gasteiger partial charge is 0.334 e. The van der Waals surface area contributed by atoms with E-state index in [4.69, 9.17) is 0 Å². The van der Waals surface area contributed by atoms with E-state index in [1.807, 2.05) is 6.08 Å².